The Bertz CT molecular complexity index is 318. The van der Waals surface area contributed by atoms with Crippen molar-refractivity contribution in [2.75, 3.05) is 6.61 Å². The summed E-state index contributed by atoms with van der Waals surface area (Å²) in [6, 6.07) is 4.52. The molecule has 0 heterocycles. The lowest BCUT2D eigenvalue weighted by Gasteiger charge is -2.05. The van der Waals surface area contributed by atoms with E-state index in [0.29, 0.717) is 17.9 Å². The van der Waals surface area contributed by atoms with Crippen molar-refractivity contribution in [2.24, 2.45) is 0 Å². The first-order valence-electron chi connectivity index (χ1n) is 4.11. The van der Waals surface area contributed by atoms with E-state index in [2.05, 4.69) is 0 Å². The van der Waals surface area contributed by atoms with E-state index >= 15 is 0 Å². The van der Waals surface area contributed by atoms with Crippen molar-refractivity contribution in [3.8, 4) is 11.5 Å². The first kappa shape index (κ1) is 9.58. The highest BCUT2D eigenvalue weighted by molar-refractivity contribution is 5.94. The summed E-state index contributed by atoms with van der Waals surface area (Å²) in [5.41, 5.74) is 0.462. The van der Waals surface area contributed by atoms with Crippen molar-refractivity contribution in [3.05, 3.63) is 23.8 Å². The van der Waals surface area contributed by atoms with Gasteiger partial charge >= 0.3 is 0 Å². The lowest BCUT2D eigenvalue weighted by molar-refractivity contribution is 0.101. The van der Waals surface area contributed by atoms with Crippen molar-refractivity contribution in [1.29, 1.82) is 0 Å². The van der Waals surface area contributed by atoms with Gasteiger partial charge in [-0.3, -0.25) is 4.79 Å². The quantitative estimate of drug-likeness (QED) is 0.723. The molecule has 1 aromatic carbocycles. The van der Waals surface area contributed by atoms with E-state index in [-0.39, 0.29) is 11.5 Å². The molecule has 0 aliphatic rings. The molecule has 13 heavy (non-hydrogen) atoms. The molecule has 0 atom stereocenters. The van der Waals surface area contributed by atoms with Crippen LogP contribution in [0.3, 0.4) is 0 Å². The Morgan fingerprint density at radius 3 is 2.69 bits per heavy atom. The van der Waals surface area contributed by atoms with Crippen LogP contribution in [0.1, 0.15) is 24.2 Å². The number of hydrogen-bond acceptors (Lipinski definition) is 3. The van der Waals surface area contributed by atoms with Gasteiger partial charge in [0.25, 0.3) is 0 Å². The SMILES string of the molecule is CCOc1cc(O)cc(C(C)=O)c1. The zero-order chi connectivity index (χ0) is 9.84. The predicted octanol–water partition coefficient (Wildman–Crippen LogP) is 1.99. The van der Waals surface area contributed by atoms with Crippen LogP contribution in [0.4, 0.5) is 0 Å². The topological polar surface area (TPSA) is 46.5 Å². The van der Waals surface area contributed by atoms with E-state index in [1.54, 1.807) is 6.07 Å². The van der Waals surface area contributed by atoms with Crippen LogP contribution in [0.5, 0.6) is 11.5 Å². The van der Waals surface area contributed by atoms with Gasteiger partial charge in [-0.05, 0) is 26.0 Å². The Labute approximate surface area is 77.0 Å². The van der Waals surface area contributed by atoms with Crippen LogP contribution in [0.15, 0.2) is 18.2 Å². The molecule has 0 fully saturated rings. The number of rotatable bonds is 3. The molecule has 1 N–H and O–H groups in total. The average molecular weight is 180 g/mol. The molecule has 0 saturated carbocycles. The van der Waals surface area contributed by atoms with Crippen molar-refractivity contribution in [3.63, 3.8) is 0 Å². The van der Waals surface area contributed by atoms with E-state index in [1.165, 1.54) is 19.1 Å². The van der Waals surface area contributed by atoms with Gasteiger partial charge in [-0.1, -0.05) is 0 Å². The van der Waals surface area contributed by atoms with Gasteiger partial charge in [-0.15, -0.1) is 0 Å². The third kappa shape index (κ3) is 2.47. The van der Waals surface area contributed by atoms with Crippen LogP contribution in [-0.4, -0.2) is 17.5 Å². The minimum absolute atomic E-state index is 0.0520. The number of aromatic hydroxyl groups is 1. The Balaban J connectivity index is 3.03. The number of phenols is 1. The zero-order valence-electron chi connectivity index (χ0n) is 7.70. The molecule has 0 aromatic heterocycles. The van der Waals surface area contributed by atoms with E-state index in [1.807, 2.05) is 6.92 Å². The third-order valence-corrected chi connectivity index (χ3v) is 1.61. The van der Waals surface area contributed by atoms with E-state index in [9.17, 15) is 9.90 Å². The van der Waals surface area contributed by atoms with Gasteiger partial charge in [-0.25, -0.2) is 0 Å². The van der Waals surface area contributed by atoms with Crippen molar-refractivity contribution in [1.82, 2.24) is 0 Å². The molecule has 0 bridgehead atoms. The molecule has 0 aliphatic carbocycles. The number of benzene rings is 1. The highest BCUT2D eigenvalue weighted by Gasteiger charge is 2.04. The highest BCUT2D eigenvalue weighted by atomic mass is 16.5. The minimum atomic E-state index is -0.0862. The summed E-state index contributed by atoms with van der Waals surface area (Å²) in [6.07, 6.45) is 0. The van der Waals surface area contributed by atoms with Crippen LogP contribution in [0, 0.1) is 0 Å². The average Bonchev–Trinajstić information content (AvgIpc) is 2.03. The number of phenolic OH excluding ortho intramolecular Hbond substituents is 1. The fourth-order valence-electron chi connectivity index (χ4n) is 1.04. The number of hydrogen-bond donors (Lipinski definition) is 1. The predicted molar refractivity (Wildman–Crippen MR) is 49.3 cm³/mol. The van der Waals surface area contributed by atoms with Crippen LogP contribution in [0.2, 0.25) is 0 Å². The maximum atomic E-state index is 11.0. The first-order chi connectivity index (χ1) is 6.13. The van der Waals surface area contributed by atoms with Gasteiger partial charge in [0.05, 0.1) is 6.61 Å². The molecule has 3 heteroatoms. The first-order valence-corrected chi connectivity index (χ1v) is 4.11. The Morgan fingerprint density at radius 1 is 1.46 bits per heavy atom. The molecule has 70 valence electrons. The van der Waals surface area contributed by atoms with Crippen molar-refractivity contribution >= 4 is 5.78 Å². The van der Waals surface area contributed by atoms with Crippen LogP contribution in [-0.2, 0) is 0 Å². The molecule has 3 nitrogen and oxygen atoms in total. The molecule has 0 radical (unpaired) electrons. The van der Waals surface area contributed by atoms with Gasteiger partial charge in [-0.2, -0.15) is 0 Å². The monoisotopic (exact) mass is 180 g/mol. The van der Waals surface area contributed by atoms with Crippen molar-refractivity contribution in [2.45, 2.75) is 13.8 Å². The number of carbonyl (C=O) groups is 1. The van der Waals surface area contributed by atoms with E-state index < -0.39 is 0 Å². The molecular weight excluding hydrogens is 168 g/mol. The number of carbonyl (C=O) groups excluding carboxylic acids is 1. The standard InChI is InChI=1S/C10H12O3/c1-3-13-10-5-8(7(2)11)4-9(12)6-10/h4-6,12H,3H2,1-2H3. The van der Waals surface area contributed by atoms with Crippen molar-refractivity contribution < 1.29 is 14.6 Å². The summed E-state index contributed by atoms with van der Waals surface area (Å²) in [5.74, 6) is 0.487. The van der Waals surface area contributed by atoms with Gasteiger partial charge < -0.3 is 9.84 Å². The summed E-state index contributed by atoms with van der Waals surface area (Å²) < 4.78 is 5.17. The highest BCUT2D eigenvalue weighted by Crippen LogP contribution is 2.21. The van der Waals surface area contributed by atoms with Gasteiger partial charge in [0.15, 0.2) is 5.78 Å². The molecule has 0 unspecified atom stereocenters. The summed E-state index contributed by atoms with van der Waals surface area (Å²) in [7, 11) is 0. The largest absolute Gasteiger partial charge is 0.508 e. The van der Waals surface area contributed by atoms with E-state index in [0.717, 1.165) is 0 Å². The Morgan fingerprint density at radius 2 is 2.15 bits per heavy atom. The normalized spacial score (nSPS) is 9.69. The lowest BCUT2D eigenvalue weighted by Crippen LogP contribution is -1.95. The molecule has 1 aromatic rings. The second-order valence-corrected chi connectivity index (χ2v) is 2.70. The third-order valence-electron chi connectivity index (χ3n) is 1.61. The number of ether oxygens (including phenoxy) is 1. The summed E-state index contributed by atoms with van der Waals surface area (Å²) in [5, 5.41) is 9.24. The molecule has 0 saturated heterocycles. The molecule has 0 spiro atoms. The fraction of sp³-hybridized carbons (Fsp3) is 0.300. The zero-order valence-corrected chi connectivity index (χ0v) is 7.70. The van der Waals surface area contributed by atoms with Gasteiger partial charge in [0, 0.05) is 11.6 Å². The fourth-order valence-corrected chi connectivity index (χ4v) is 1.04. The van der Waals surface area contributed by atoms with Gasteiger partial charge in [0.1, 0.15) is 11.5 Å². The molecule has 0 amide bonds. The smallest absolute Gasteiger partial charge is 0.160 e. The molecule has 0 aliphatic heterocycles. The maximum absolute atomic E-state index is 11.0. The number of Topliss-reactive ketones (excluding diaryl/α,β-unsaturated/α-hetero) is 1. The van der Waals surface area contributed by atoms with E-state index in [4.69, 9.17) is 4.74 Å². The molecule has 1 rings (SSSR count). The summed E-state index contributed by atoms with van der Waals surface area (Å²) >= 11 is 0. The van der Waals surface area contributed by atoms with Gasteiger partial charge in [0.2, 0.25) is 0 Å². The van der Waals surface area contributed by atoms with Crippen LogP contribution < -0.4 is 4.74 Å². The van der Waals surface area contributed by atoms with Crippen LogP contribution >= 0.6 is 0 Å². The number of ketones is 1. The second-order valence-electron chi connectivity index (χ2n) is 2.70. The second kappa shape index (κ2) is 3.94. The maximum Gasteiger partial charge on any atom is 0.160 e. The minimum Gasteiger partial charge on any atom is -0.508 e. The Hall–Kier alpha value is -1.51. The summed E-state index contributed by atoms with van der Waals surface area (Å²) in [6.45, 7) is 3.81. The Kier molecular flexibility index (Phi) is 2.90. The van der Waals surface area contributed by atoms with Crippen LogP contribution in [0.25, 0.3) is 0 Å². The molecular formula is C10H12O3. The summed E-state index contributed by atoms with van der Waals surface area (Å²) in [4.78, 5) is 11.0. The lowest BCUT2D eigenvalue weighted by atomic mass is 10.1.